The molecule has 0 amide bonds. The molecule has 2 rings (SSSR count). The van der Waals surface area contributed by atoms with E-state index in [9.17, 15) is 16.8 Å². The first-order valence-electron chi connectivity index (χ1n) is 7.47. The van der Waals surface area contributed by atoms with Gasteiger partial charge in [-0.25, -0.2) is 26.3 Å². The van der Waals surface area contributed by atoms with Gasteiger partial charge in [0, 0.05) is 17.6 Å². The molecule has 2 N–H and O–H groups in total. The first-order valence-corrected chi connectivity index (χ1v) is 11.2. The van der Waals surface area contributed by atoms with Crippen LogP contribution in [0.5, 0.6) is 0 Å². The number of hydrogen-bond acceptors (Lipinski definition) is 4. The summed E-state index contributed by atoms with van der Waals surface area (Å²) < 4.78 is 52.7. The summed E-state index contributed by atoms with van der Waals surface area (Å²) in [7, 11) is -7.04. The van der Waals surface area contributed by atoms with Crippen molar-refractivity contribution >= 4 is 31.6 Å². The van der Waals surface area contributed by atoms with E-state index in [4.69, 9.17) is 11.6 Å². The van der Waals surface area contributed by atoms with Crippen molar-refractivity contribution < 1.29 is 16.8 Å². The molecule has 0 heterocycles. The standard InChI is InChI=1S/C14H21ClN2O4S2/c15-13-7-5-12(6-8-13)11-23(20,21)16-9-10-22(18,19)17-14-3-1-2-4-14/h5-8,14,16-17H,1-4,9-11H2. The van der Waals surface area contributed by atoms with Crippen LogP contribution in [0.3, 0.4) is 0 Å². The molecule has 0 aromatic heterocycles. The van der Waals surface area contributed by atoms with E-state index in [1.165, 1.54) is 0 Å². The molecule has 130 valence electrons. The first-order chi connectivity index (χ1) is 10.8. The van der Waals surface area contributed by atoms with Gasteiger partial charge in [-0.15, -0.1) is 0 Å². The molecule has 0 saturated heterocycles. The molecule has 1 saturated carbocycles. The van der Waals surface area contributed by atoms with Crippen molar-refractivity contribution in [1.82, 2.24) is 9.44 Å². The van der Waals surface area contributed by atoms with E-state index >= 15 is 0 Å². The average molecular weight is 381 g/mol. The zero-order chi connectivity index (χ0) is 16.9. The van der Waals surface area contributed by atoms with E-state index in [1.54, 1.807) is 24.3 Å². The second-order valence-corrected chi connectivity index (χ2v) is 9.81. The van der Waals surface area contributed by atoms with Crippen LogP contribution in [0.1, 0.15) is 31.2 Å². The van der Waals surface area contributed by atoms with Gasteiger partial charge in [0.15, 0.2) is 0 Å². The quantitative estimate of drug-likeness (QED) is 0.716. The highest BCUT2D eigenvalue weighted by atomic mass is 35.5. The lowest BCUT2D eigenvalue weighted by molar-refractivity contribution is 0.550. The van der Waals surface area contributed by atoms with Gasteiger partial charge in [0.2, 0.25) is 20.0 Å². The SMILES string of the molecule is O=S(=O)(Cc1ccc(Cl)cc1)NCCS(=O)(=O)NC1CCCC1. The Balaban J connectivity index is 1.80. The molecule has 1 aliphatic rings. The first kappa shape index (κ1) is 18.7. The maximum atomic E-state index is 12.0. The zero-order valence-electron chi connectivity index (χ0n) is 12.7. The molecule has 6 nitrogen and oxygen atoms in total. The fourth-order valence-electron chi connectivity index (χ4n) is 2.54. The number of benzene rings is 1. The highest BCUT2D eigenvalue weighted by molar-refractivity contribution is 7.90. The van der Waals surface area contributed by atoms with Gasteiger partial charge in [-0.1, -0.05) is 36.6 Å². The van der Waals surface area contributed by atoms with Gasteiger partial charge in [-0.05, 0) is 30.5 Å². The lowest BCUT2D eigenvalue weighted by atomic mass is 10.2. The third-order valence-corrected chi connectivity index (χ3v) is 6.71. The van der Waals surface area contributed by atoms with Crippen LogP contribution < -0.4 is 9.44 Å². The van der Waals surface area contributed by atoms with E-state index < -0.39 is 20.0 Å². The second kappa shape index (κ2) is 7.94. The summed E-state index contributed by atoms with van der Waals surface area (Å²) in [6, 6.07) is 6.47. The van der Waals surface area contributed by atoms with E-state index in [2.05, 4.69) is 9.44 Å². The summed E-state index contributed by atoms with van der Waals surface area (Å²) in [5.41, 5.74) is 0.592. The normalized spacial score (nSPS) is 16.7. The van der Waals surface area contributed by atoms with Crippen molar-refractivity contribution in [1.29, 1.82) is 0 Å². The minimum atomic E-state index is -3.58. The maximum absolute atomic E-state index is 12.0. The van der Waals surface area contributed by atoms with Crippen molar-refractivity contribution in [2.75, 3.05) is 12.3 Å². The van der Waals surface area contributed by atoms with Crippen molar-refractivity contribution in [3.8, 4) is 0 Å². The highest BCUT2D eigenvalue weighted by Gasteiger charge is 2.21. The second-order valence-electron chi connectivity index (χ2n) is 5.70. The van der Waals surface area contributed by atoms with E-state index in [0.717, 1.165) is 25.7 Å². The van der Waals surface area contributed by atoms with Crippen LogP contribution in [-0.2, 0) is 25.8 Å². The van der Waals surface area contributed by atoms with Crippen LogP contribution in [0, 0.1) is 0 Å². The van der Waals surface area contributed by atoms with Crippen LogP contribution >= 0.6 is 11.6 Å². The largest absolute Gasteiger partial charge is 0.215 e. The molecule has 1 aromatic carbocycles. The third-order valence-electron chi connectivity index (χ3n) is 3.66. The topological polar surface area (TPSA) is 92.3 Å². The number of hydrogen-bond donors (Lipinski definition) is 2. The Morgan fingerprint density at radius 2 is 1.61 bits per heavy atom. The smallest absolute Gasteiger partial charge is 0.214 e. The fourth-order valence-corrected chi connectivity index (χ4v) is 5.17. The van der Waals surface area contributed by atoms with Crippen molar-refractivity contribution in [3.05, 3.63) is 34.9 Å². The zero-order valence-corrected chi connectivity index (χ0v) is 15.1. The summed E-state index contributed by atoms with van der Waals surface area (Å²) in [6.07, 6.45) is 3.75. The molecule has 0 radical (unpaired) electrons. The van der Waals surface area contributed by atoms with Crippen LogP contribution in [0.4, 0.5) is 0 Å². The molecule has 23 heavy (non-hydrogen) atoms. The van der Waals surface area contributed by atoms with Gasteiger partial charge in [0.05, 0.1) is 11.5 Å². The molecule has 0 atom stereocenters. The summed E-state index contributed by atoms with van der Waals surface area (Å²) >= 11 is 5.75. The van der Waals surface area contributed by atoms with Crippen molar-refractivity contribution in [3.63, 3.8) is 0 Å². The van der Waals surface area contributed by atoms with Gasteiger partial charge in [-0.3, -0.25) is 0 Å². The van der Waals surface area contributed by atoms with Crippen LogP contribution in [0.2, 0.25) is 5.02 Å². The molecular formula is C14H21ClN2O4S2. The molecule has 0 aliphatic heterocycles. The molecule has 1 fully saturated rings. The van der Waals surface area contributed by atoms with Gasteiger partial charge < -0.3 is 0 Å². The van der Waals surface area contributed by atoms with Gasteiger partial charge >= 0.3 is 0 Å². The Hall–Kier alpha value is -0.670. The van der Waals surface area contributed by atoms with Crippen LogP contribution in [-0.4, -0.2) is 35.2 Å². The molecule has 1 aromatic rings. The van der Waals surface area contributed by atoms with Crippen molar-refractivity contribution in [2.24, 2.45) is 0 Å². The third kappa shape index (κ3) is 6.76. The Morgan fingerprint density at radius 3 is 2.22 bits per heavy atom. The molecule has 0 unspecified atom stereocenters. The summed E-state index contributed by atoms with van der Waals surface area (Å²) in [5, 5.41) is 0.531. The maximum Gasteiger partial charge on any atom is 0.215 e. The Kier molecular flexibility index (Phi) is 6.44. The van der Waals surface area contributed by atoms with Crippen molar-refractivity contribution in [2.45, 2.75) is 37.5 Å². The van der Waals surface area contributed by atoms with E-state index in [0.29, 0.717) is 10.6 Å². The molecule has 0 spiro atoms. The predicted octanol–water partition coefficient (Wildman–Crippen LogP) is 1.62. The van der Waals surface area contributed by atoms with Gasteiger partial charge in [0.1, 0.15) is 0 Å². The summed E-state index contributed by atoms with van der Waals surface area (Å²) in [5.74, 6) is -0.469. The minimum Gasteiger partial charge on any atom is -0.214 e. The molecule has 1 aliphatic carbocycles. The van der Waals surface area contributed by atoms with E-state index in [-0.39, 0.29) is 24.1 Å². The number of sulfonamides is 2. The number of nitrogens with one attached hydrogen (secondary N) is 2. The Bertz CT molecular complexity index is 712. The number of halogens is 1. The Labute approximate surface area is 142 Å². The lowest BCUT2D eigenvalue weighted by Gasteiger charge is -2.13. The summed E-state index contributed by atoms with van der Waals surface area (Å²) in [6.45, 7) is -0.141. The molecule has 9 heteroatoms. The van der Waals surface area contributed by atoms with Crippen LogP contribution in [0.25, 0.3) is 0 Å². The van der Waals surface area contributed by atoms with E-state index in [1.807, 2.05) is 0 Å². The minimum absolute atomic E-state index is 0.00863. The summed E-state index contributed by atoms with van der Waals surface area (Å²) in [4.78, 5) is 0. The molecular weight excluding hydrogens is 360 g/mol. The van der Waals surface area contributed by atoms with Gasteiger partial charge in [-0.2, -0.15) is 0 Å². The van der Waals surface area contributed by atoms with Gasteiger partial charge in [0.25, 0.3) is 0 Å². The fraction of sp³-hybridized carbons (Fsp3) is 0.571. The monoisotopic (exact) mass is 380 g/mol. The average Bonchev–Trinajstić information content (AvgIpc) is 2.92. The predicted molar refractivity (Wildman–Crippen MR) is 91.3 cm³/mol. The number of rotatable bonds is 8. The molecule has 0 bridgehead atoms. The lowest BCUT2D eigenvalue weighted by Crippen LogP contribution is -2.38. The highest BCUT2D eigenvalue weighted by Crippen LogP contribution is 2.18. The van der Waals surface area contributed by atoms with Crippen LogP contribution in [0.15, 0.2) is 24.3 Å². The Morgan fingerprint density at radius 1 is 1.00 bits per heavy atom.